The number of benzene rings is 1. The van der Waals surface area contributed by atoms with Gasteiger partial charge >= 0.3 is 0 Å². The molecule has 92 valence electrons. The molecule has 0 radical (unpaired) electrons. The third kappa shape index (κ3) is 2.68. The van der Waals surface area contributed by atoms with Gasteiger partial charge in [0.05, 0.1) is 6.61 Å². The Labute approximate surface area is 109 Å². The van der Waals surface area contributed by atoms with Crippen LogP contribution in [0, 0.1) is 6.92 Å². The highest BCUT2D eigenvalue weighted by Crippen LogP contribution is 2.22. The topological polar surface area (TPSA) is 64.4 Å². The number of hydrogen-bond donors (Lipinski definition) is 2. The number of carbonyl (C=O) groups is 1. The molecule has 2 rings (SSSR count). The zero-order chi connectivity index (χ0) is 12.5. The summed E-state index contributed by atoms with van der Waals surface area (Å²) in [6.07, 6.45) is 0.564. The van der Waals surface area contributed by atoms with E-state index in [1.54, 1.807) is 0 Å². The summed E-state index contributed by atoms with van der Waals surface area (Å²) in [5.74, 6) is -0.184. The lowest BCUT2D eigenvalue weighted by Gasteiger charge is -2.20. The molecular formula is C12H15BrN2O2. The van der Waals surface area contributed by atoms with Crippen molar-refractivity contribution >= 4 is 27.5 Å². The number of anilines is 1. The predicted octanol–water partition coefficient (Wildman–Crippen LogP) is 1.81. The Balaban J connectivity index is 2.10. The van der Waals surface area contributed by atoms with Crippen LogP contribution in [-0.4, -0.2) is 24.7 Å². The fourth-order valence-electron chi connectivity index (χ4n) is 1.74. The third-order valence-electron chi connectivity index (χ3n) is 2.92. The number of aryl methyl sites for hydroxylation is 1. The number of rotatable bonds is 2. The summed E-state index contributed by atoms with van der Waals surface area (Å²) in [7, 11) is 0. The van der Waals surface area contributed by atoms with Crippen LogP contribution in [-0.2, 0) is 9.53 Å². The van der Waals surface area contributed by atoms with Gasteiger partial charge in [-0.05, 0) is 37.1 Å². The lowest BCUT2D eigenvalue weighted by molar-refractivity contribution is -0.121. The van der Waals surface area contributed by atoms with Crippen molar-refractivity contribution in [3.63, 3.8) is 0 Å². The second-order valence-electron chi connectivity index (χ2n) is 4.38. The maximum Gasteiger partial charge on any atom is 0.246 e. The van der Waals surface area contributed by atoms with Gasteiger partial charge in [-0.3, -0.25) is 4.79 Å². The van der Waals surface area contributed by atoms with Gasteiger partial charge < -0.3 is 15.8 Å². The molecule has 1 amide bonds. The van der Waals surface area contributed by atoms with E-state index in [2.05, 4.69) is 21.2 Å². The minimum Gasteiger partial charge on any atom is -0.379 e. The fourth-order valence-corrected chi connectivity index (χ4v) is 1.98. The summed E-state index contributed by atoms with van der Waals surface area (Å²) < 4.78 is 6.18. The Morgan fingerprint density at radius 3 is 2.94 bits per heavy atom. The molecule has 1 aromatic carbocycles. The second kappa shape index (κ2) is 4.76. The van der Waals surface area contributed by atoms with Crippen molar-refractivity contribution in [2.45, 2.75) is 18.9 Å². The summed E-state index contributed by atoms with van der Waals surface area (Å²) in [5.41, 5.74) is 6.91. The van der Waals surface area contributed by atoms with Gasteiger partial charge in [0.1, 0.15) is 5.54 Å². The molecule has 0 spiro atoms. The first-order chi connectivity index (χ1) is 8.01. The molecule has 1 atom stereocenters. The average Bonchev–Trinajstić information content (AvgIpc) is 2.72. The standard InChI is InChI=1S/C12H15BrN2O2/c1-8-6-9(2-3-10(8)13)15-11(16)12(14)4-5-17-7-12/h2-3,6H,4-5,7,14H2,1H3,(H,15,16). The summed E-state index contributed by atoms with van der Waals surface area (Å²) in [6, 6.07) is 5.65. The molecule has 4 nitrogen and oxygen atoms in total. The number of hydrogen-bond acceptors (Lipinski definition) is 3. The molecule has 0 saturated carbocycles. The van der Waals surface area contributed by atoms with Gasteiger partial charge in [-0.15, -0.1) is 0 Å². The molecule has 1 aromatic rings. The van der Waals surface area contributed by atoms with Crippen LogP contribution in [0.5, 0.6) is 0 Å². The van der Waals surface area contributed by atoms with Gasteiger partial charge in [0.25, 0.3) is 0 Å². The monoisotopic (exact) mass is 298 g/mol. The van der Waals surface area contributed by atoms with E-state index in [4.69, 9.17) is 10.5 Å². The zero-order valence-electron chi connectivity index (χ0n) is 9.63. The number of nitrogens with two attached hydrogens (primary N) is 1. The molecule has 1 aliphatic heterocycles. The molecule has 17 heavy (non-hydrogen) atoms. The molecule has 0 bridgehead atoms. The lowest BCUT2D eigenvalue weighted by Crippen LogP contribution is -2.51. The highest BCUT2D eigenvalue weighted by molar-refractivity contribution is 9.10. The van der Waals surface area contributed by atoms with E-state index in [1.807, 2.05) is 25.1 Å². The second-order valence-corrected chi connectivity index (χ2v) is 5.23. The lowest BCUT2D eigenvalue weighted by atomic mass is 9.99. The molecule has 5 heteroatoms. The van der Waals surface area contributed by atoms with Gasteiger partial charge in [-0.1, -0.05) is 15.9 Å². The van der Waals surface area contributed by atoms with E-state index in [1.165, 1.54) is 0 Å². The van der Waals surface area contributed by atoms with Crippen LogP contribution in [0.25, 0.3) is 0 Å². The van der Waals surface area contributed by atoms with Crippen molar-refractivity contribution < 1.29 is 9.53 Å². The van der Waals surface area contributed by atoms with E-state index in [-0.39, 0.29) is 12.5 Å². The van der Waals surface area contributed by atoms with Crippen LogP contribution in [0.2, 0.25) is 0 Å². The summed E-state index contributed by atoms with van der Waals surface area (Å²) >= 11 is 3.42. The first kappa shape index (κ1) is 12.5. The van der Waals surface area contributed by atoms with Crippen molar-refractivity contribution in [3.8, 4) is 0 Å². The SMILES string of the molecule is Cc1cc(NC(=O)C2(N)CCOC2)ccc1Br. The third-order valence-corrected chi connectivity index (χ3v) is 3.81. The van der Waals surface area contributed by atoms with Gasteiger partial charge in [-0.25, -0.2) is 0 Å². The fraction of sp³-hybridized carbons (Fsp3) is 0.417. The molecular weight excluding hydrogens is 284 g/mol. The predicted molar refractivity (Wildman–Crippen MR) is 69.9 cm³/mol. The molecule has 1 fully saturated rings. The quantitative estimate of drug-likeness (QED) is 0.875. The number of nitrogens with one attached hydrogen (secondary N) is 1. The Kier molecular flexibility index (Phi) is 3.51. The minimum atomic E-state index is -0.888. The summed E-state index contributed by atoms with van der Waals surface area (Å²) in [4.78, 5) is 12.0. The molecule has 3 N–H and O–H groups in total. The van der Waals surface area contributed by atoms with Crippen molar-refractivity contribution in [2.24, 2.45) is 5.73 Å². The zero-order valence-corrected chi connectivity index (χ0v) is 11.2. The average molecular weight is 299 g/mol. The highest BCUT2D eigenvalue weighted by Gasteiger charge is 2.38. The van der Waals surface area contributed by atoms with E-state index >= 15 is 0 Å². The smallest absolute Gasteiger partial charge is 0.246 e. The first-order valence-electron chi connectivity index (χ1n) is 5.45. The molecule has 0 aliphatic carbocycles. The van der Waals surface area contributed by atoms with Crippen LogP contribution < -0.4 is 11.1 Å². The molecule has 1 saturated heterocycles. The maximum absolute atomic E-state index is 12.0. The number of ether oxygens (including phenoxy) is 1. The number of carbonyl (C=O) groups excluding carboxylic acids is 1. The molecule has 1 heterocycles. The van der Waals surface area contributed by atoms with Crippen molar-refractivity contribution in [1.29, 1.82) is 0 Å². The van der Waals surface area contributed by atoms with Crippen molar-refractivity contribution in [3.05, 3.63) is 28.2 Å². The summed E-state index contributed by atoms with van der Waals surface area (Å²) in [6.45, 7) is 2.80. The first-order valence-corrected chi connectivity index (χ1v) is 6.25. The van der Waals surface area contributed by atoms with E-state index < -0.39 is 5.54 Å². The molecule has 0 aromatic heterocycles. The largest absolute Gasteiger partial charge is 0.379 e. The molecule has 1 aliphatic rings. The van der Waals surface area contributed by atoms with Crippen LogP contribution in [0.15, 0.2) is 22.7 Å². The van der Waals surface area contributed by atoms with Crippen molar-refractivity contribution in [1.82, 2.24) is 0 Å². The Hall–Kier alpha value is -0.910. The number of amides is 1. The molecule has 1 unspecified atom stereocenters. The Morgan fingerprint density at radius 1 is 1.59 bits per heavy atom. The van der Waals surface area contributed by atoms with Gasteiger partial charge in [0.15, 0.2) is 0 Å². The normalized spacial score (nSPS) is 23.7. The Morgan fingerprint density at radius 2 is 2.35 bits per heavy atom. The van der Waals surface area contributed by atoms with Crippen LogP contribution >= 0.6 is 15.9 Å². The maximum atomic E-state index is 12.0. The van der Waals surface area contributed by atoms with Crippen molar-refractivity contribution in [2.75, 3.05) is 18.5 Å². The van der Waals surface area contributed by atoms with Gasteiger partial charge in [-0.2, -0.15) is 0 Å². The van der Waals surface area contributed by atoms with Gasteiger partial charge in [0, 0.05) is 16.8 Å². The Bertz CT molecular complexity index is 442. The van der Waals surface area contributed by atoms with Crippen LogP contribution in [0.1, 0.15) is 12.0 Å². The van der Waals surface area contributed by atoms with Crippen LogP contribution in [0.3, 0.4) is 0 Å². The van der Waals surface area contributed by atoms with E-state index in [0.717, 1.165) is 15.7 Å². The van der Waals surface area contributed by atoms with E-state index in [9.17, 15) is 4.79 Å². The minimum absolute atomic E-state index is 0.184. The van der Waals surface area contributed by atoms with E-state index in [0.29, 0.717) is 13.0 Å². The summed E-state index contributed by atoms with van der Waals surface area (Å²) in [5, 5.41) is 2.83. The highest BCUT2D eigenvalue weighted by atomic mass is 79.9. The number of halogens is 1. The van der Waals surface area contributed by atoms with Crippen LogP contribution in [0.4, 0.5) is 5.69 Å². The van der Waals surface area contributed by atoms with Gasteiger partial charge in [0.2, 0.25) is 5.91 Å².